The molecule has 3 heterocycles. The Morgan fingerprint density at radius 1 is 0.436 bits per heavy atom. The number of hydrogen-bond acceptors (Lipinski definition) is 4. The number of pyridine rings is 1. The van der Waals surface area contributed by atoms with Crippen molar-refractivity contribution in [3.05, 3.63) is 132 Å². The molecular weight excluding hydrogens is 480 g/mol. The van der Waals surface area contributed by atoms with Crippen LogP contribution in [-0.2, 0) is 0 Å². The Bertz CT molecular complexity index is 2180. The van der Waals surface area contributed by atoms with E-state index in [2.05, 4.69) is 22.6 Å². The fourth-order valence-electron chi connectivity index (χ4n) is 5.59. The predicted octanol–water partition coefficient (Wildman–Crippen LogP) is 7.38. The lowest BCUT2D eigenvalue weighted by atomic mass is 10.1. The molecular formula is C34H20N4O. The molecule has 0 aliphatic carbocycles. The lowest BCUT2D eigenvalue weighted by Crippen LogP contribution is -2.07. The SMILES string of the molecule is O=c1c2cc(-c3nc(-c4ccccc4)nc(-c4ccccc4)n3)ccc2n2c3ccccc3c3cccc1c32. The minimum atomic E-state index is 0.00776. The Kier molecular flexibility index (Phi) is 4.60. The predicted molar refractivity (Wildman–Crippen MR) is 157 cm³/mol. The number of para-hydroxylation sites is 2. The fourth-order valence-corrected chi connectivity index (χ4v) is 5.59. The van der Waals surface area contributed by atoms with E-state index in [0.29, 0.717) is 28.2 Å². The summed E-state index contributed by atoms with van der Waals surface area (Å²) in [5, 5.41) is 3.57. The zero-order chi connectivity index (χ0) is 25.9. The van der Waals surface area contributed by atoms with E-state index in [9.17, 15) is 4.79 Å². The molecule has 0 radical (unpaired) electrons. The molecule has 0 N–H and O–H groups in total. The van der Waals surface area contributed by atoms with Crippen LogP contribution in [0.2, 0.25) is 0 Å². The topological polar surface area (TPSA) is 60.2 Å². The van der Waals surface area contributed by atoms with Gasteiger partial charge in [-0.2, -0.15) is 0 Å². The first-order chi connectivity index (χ1) is 19.3. The van der Waals surface area contributed by atoms with Crippen molar-refractivity contribution in [2.45, 2.75) is 0 Å². The number of fused-ring (bicyclic) bond motifs is 5. The van der Waals surface area contributed by atoms with Crippen LogP contribution in [0, 0.1) is 0 Å². The molecule has 0 spiro atoms. The molecule has 0 saturated heterocycles. The van der Waals surface area contributed by atoms with Crippen molar-refractivity contribution in [2.24, 2.45) is 0 Å². The van der Waals surface area contributed by atoms with Gasteiger partial charge in [-0.3, -0.25) is 4.79 Å². The van der Waals surface area contributed by atoms with E-state index in [1.165, 1.54) is 0 Å². The zero-order valence-corrected chi connectivity index (χ0v) is 20.7. The standard InChI is InChI=1S/C34H20N4O/c39-31-26-16-9-15-25-24-14-7-8-17-28(24)38(30(25)26)29-19-18-23(20-27(29)31)34-36-32(21-10-3-1-4-11-21)35-33(37-34)22-12-5-2-6-13-22/h1-20H. The Balaban J connectivity index is 1.42. The molecule has 8 aromatic rings. The lowest BCUT2D eigenvalue weighted by molar-refractivity contribution is 1.07. The maximum absolute atomic E-state index is 13.9. The van der Waals surface area contributed by atoms with Gasteiger partial charge in [0.05, 0.1) is 16.6 Å². The molecule has 0 bridgehead atoms. The first kappa shape index (κ1) is 21.6. The monoisotopic (exact) mass is 500 g/mol. The maximum atomic E-state index is 13.9. The van der Waals surface area contributed by atoms with Gasteiger partial charge in [-0.05, 0) is 30.3 Å². The summed E-state index contributed by atoms with van der Waals surface area (Å²) >= 11 is 0. The van der Waals surface area contributed by atoms with Gasteiger partial charge < -0.3 is 4.40 Å². The van der Waals surface area contributed by atoms with Crippen LogP contribution in [0.1, 0.15) is 0 Å². The van der Waals surface area contributed by atoms with Crippen LogP contribution in [0.25, 0.3) is 72.3 Å². The second kappa shape index (κ2) is 8.30. The molecule has 5 nitrogen and oxygen atoms in total. The van der Waals surface area contributed by atoms with Gasteiger partial charge in [0.15, 0.2) is 22.9 Å². The summed E-state index contributed by atoms with van der Waals surface area (Å²) in [6.45, 7) is 0. The minimum absolute atomic E-state index is 0.00776. The normalized spacial score (nSPS) is 11.7. The van der Waals surface area contributed by atoms with Crippen molar-refractivity contribution in [3.63, 3.8) is 0 Å². The number of hydrogen-bond donors (Lipinski definition) is 0. The van der Waals surface area contributed by atoms with Crippen molar-refractivity contribution in [3.8, 4) is 34.2 Å². The van der Waals surface area contributed by atoms with E-state index in [4.69, 9.17) is 15.0 Å². The van der Waals surface area contributed by atoms with E-state index in [1.807, 2.05) is 103 Å². The highest BCUT2D eigenvalue weighted by atomic mass is 16.1. The summed E-state index contributed by atoms with van der Waals surface area (Å²) in [5.74, 6) is 1.71. The molecule has 0 saturated carbocycles. The van der Waals surface area contributed by atoms with Gasteiger partial charge in [0, 0.05) is 38.2 Å². The van der Waals surface area contributed by atoms with Crippen LogP contribution >= 0.6 is 0 Å². The van der Waals surface area contributed by atoms with Crippen LogP contribution < -0.4 is 5.43 Å². The molecule has 0 unspecified atom stereocenters. The van der Waals surface area contributed by atoms with Crippen molar-refractivity contribution < 1.29 is 0 Å². The first-order valence-corrected chi connectivity index (χ1v) is 12.8. The second-order valence-corrected chi connectivity index (χ2v) is 9.65. The van der Waals surface area contributed by atoms with Gasteiger partial charge in [-0.25, -0.2) is 15.0 Å². The summed E-state index contributed by atoms with van der Waals surface area (Å²) < 4.78 is 2.21. The average molecular weight is 501 g/mol. The van der Waals surface area contributed by atoms with Crippen LogP contribution in [0.4, 0.5) is 0 Å². The van der Waals surface area contributed by atoms with Crippen molar-refractivity contribution in [1.82, 2.24) is 19.4 Å². The van der Waals surface area contributed by atoms with E-state index in [1.54, 1.807) is 0 Å². The Morgan fingerprint density at radius 3 is 1.67 bits per heavy atom. The quantitative estimate of drug-likeness (QED) is 0.237. The van der Waals surface area contributed by atoms with Gasteiger partial charge >= 0.3 is 0 Å². The summed E-state index contributed by atoms with van der Waals surface area (Å²) in [6, 6.07) is 40.0. The summed E-state index contributed by atoms with van der Waals surface area (Å²) in [6.07, 6.45) is 0. The van der Waals surface area contributed by atoms with Gasteiger partial charge in [-0.1, -0.05) is 91.0 Å². The van der Waals surface area contributed by atoms with E-state index in [0.717, 1.165) is 44.0 Å². The van der Waals surface area contributed by atoms with Crippen molar-refractivity contribution in [2.75, 3.05) is 0 Å². The van der Waals surface area contributed by atoms with Gasteiger partial charge in [0.2, 0.25) is 0 Å². The largest absolute Gasteiger partial charge is 0.308 e. The molecule has 0 aliphatic rings. The average Bonchev–Trinajstić information content (AvgIpc) is 3.35. The molecule has 5 aromatic carbocycles. The molecule has 0 atom stereocenters. The van der Waals surface area contributed by atoms with Crippen molar-refractivity contribution >= 4 is 38.1 Å². The Labute approximate surface area is 223 Å². The van der Waals surface area contributed by atoms with Crippen LogP contribution in [-0.4, -0.2) is 19.4 Å². The van der Waals surface area contributed by atoms with E-state index < -0.39 is 0 Å². The van der Waals surface area contributed by atoms with Crippen LogP contribution in [0.5, 0.6) is 0 Å². The third-order valence-electron chi connectivity index (χ3n) is 7.38. The number of benzene rings is 5. The summed E-state index contributed by atoms with van der Waals surface area (Å²) in [7, 11) is 0. The molecule has 182 valence electrons. The van der Waals surface area contributed by atoms with E-state index in [-0.39, 0.29) is 5.43 Å². The minimum Gasteiger partial charge on any atom is -0.308 e. The molecule has 8 rings (SSSR count). The van der Waals surface area contributed by atoms with Gasteiger partial charge in [-0.15, -0.1) is 0 Å². The van der Waals surface area contributed by atoms with Gasteiger partial charge in [0.25, 0.3) is 0 Å². The molecule has 0 amide bonds. The van der Waals surface area contributed by atoms with Crippen LogP contribution in [0.15, 0.2) is 126 Å². The second-order valence-electron chi connectivity index (χ2n) is 9.65. The number of rotatable bonds is 3. The van der Waals surface area contributed by atoms with Gasteiger partial charge in [0.1, 0.15) is 0 Å². The molecule has 0 fully saturated rings. The molecule has 39 heavy (non-hydrogen) atoms. The van der Waals surface area contributed by atoms with Crippen molar-refractivity contribution in [1.29, 1.82) is 0 Å². The third-order valence-corrected chi connectivity index (χ3v) is 7.38. The Morgan fingerprint density at radius 2 is 0.974 bits per heavy atom. The highest BCUT2D eigenvalue weighted by Gasteiger charge is 2.18. The molecule has 3 aromatic heterocycles. The molecule has 0 aliphatic heterocycles. The van der Waals surface area contributed by atoms with Crippen LogP contribution in [0.3, 0.4) is 0 Å². The summed E-state index contributed by atoms with van der Waals surface area (Å²) in [4.78, 5) is 28.4. The fraction of sp³-hybridized carbons (Fsp3) is 0. The maximum Gasteiger partial charge on any atom is 0.197 e. The van der Waals surface area contributed by atoms with E-state index >= 15 is 0 Å². The summed E-state index contributed by atoms with van der Waals surface area (Å²) in [5.41, 5.74) is 5.50. The Hall–Kier alpha value is -5.42. The zero-order valence-electron chi connectivity index (χ0n) is 20.7. The first-order valence-electron chi connectivity index (χ1n) is 12.8. The lowest BCUT2D eigenvalue weighted by Gasteiger charge is -2.10. The third kappa shape index (κ3) is 3.27. The number of aromatic nitrogens is 4. The number of nitrogens with zero attached hydrogens (tertiary/aromatic N) is 4. The smallest absolute Gasteiger partial charge is 0.197 e. The highest BCUT2D eigenvalue weighted by Crippen LogP contribution is 2.34. The highest BCUT2D eigenvalue weighted by molar-refractivity contribution is 6.17. The molecule has 5 heteroatoms.